The smallest absolute Gasteiger partial charge is 0.251 e. The molecule has 0 saturated heterocycles. The van der Waals surface area contributed by atoms with E-state index >= 15 is 0 Å². The predicted octanol–water partition coefficient (Wildman–Crippen LogP) is 1.69. The van der Waals surface area contributed by atoms with Gasteiger partial charge in [0, 0.05) is 12.4 Å². The summed E-state index contributed by atoms with van der Waals surface area (Å²) >= 11 is 0. The van der Waals surface area contributed by atoms with Crippen LogP contribution in [0, 0.1) is 11.3 Å². The molecular formula is C10H11N3O. The highest BCUT2D eigenvalue weighted by molar-refractivity contribution is 5.29. The van der Waals surface area contributed by atoms with Crippen LogP contribution in [0.2, 0.25) is 0 Å². The summed E-state index contributed by atoms with van der Waals surface area (Å²) in [7, 11) is 0. The monoisotopic (exact) mass is 189 g/mol. The lowest BCUT2D eigenvalue weighted by Gasteiger charge is -2.03. The Morgan fingerprint density at radius 3 is 3.00 bits per heavy atom. The van der Waals surface area contributed by atoms with Crippen LogP contribution in [0.1, 0.15) is 18.5 Å². The van der Waals surface area contributed by atoms with Crippen molar-refractivity contribution >= 4 is 0 Å². The lowest BCUT2D eigenvalue weighted by atomic mass is 10.3. The van der Waals surface area contributed by atoms with Crippen molar-refractivity contribution in [2.75, 3.05) is 6.61 Å². The molecule has 0 fully saturated rings. The predicted molar refractivity (Wildman–Crippen MR) is 51.7 cm³/mol. The maximum atomic E-state index is 8.67. The third kappa shape index (κ3) is 2.87. The van der Waals surface area contributed by atoms with Crippen molar-refractivity contribution in [1.82, 2.24) is 9.97 Å². The molecule has 0 atom stereocenters. The van der Waals surface area contributed by atoms with Gasteiger partial charge in [-0.05, 0) is 12.8 Å². The highest BCUT2D eigenvalue weighted by Crippen LogP contribution is 2.09. The van der Waals surface area contributed by atoms with Crippen LogP contribution in [0.25, 0.3) is 0 Å². The summed E-state index contributed by atoms with van der Waals surface area (Å²) < 4.78 is 5.29. The van der Waals surface area contributed by atoms with E-state index in [0.717, 1.165) is 12.8 Å². The van der Waals surface area contributed by atoms with Gasteiger partial charge in [0.1, 0.15) is 6.07 Å². The summed E-state index contributed by atoms with van der Waals surface area (Å²) in [6.07, 6.45) is 6.55. The van der Waals surface area contributed by atoms with Crippen LogP contribution in [0.5, 0.6) is 5.88 Å². The van der Waals surface area contributed by atoms with Gasteiger partial charge in [0.2, 0.25) is 5.69 Å². The van der Waals surface area contributed by atoms with Gasteiger partial charge in [-0.3, -0.25) is 0 Å². The minimum atomic E-state index is 0.228. The zero-order chi connectivity index (χ0) is 10.2. The molecule has 0 aliphatic carbocycles. The van der Waals surface area contributed by atoms with Gasteiger partial charge in [-0.25, -0.2) is 9.97 Å². The summed E-state index contributed by atoms with van der Waals surface area (Å²) in [5, 5.41) is 8.67. The zero-order valence-corrected chi connectivity index (χ0v) is 7.81. The average molecular weight is 189 g/mol. The van der Waals surface area contributed by atoms with Gasteiger partial charge in [0.05, 0.1) is 6.61 Å². The molecule has 0 aliphatic heterocycles. The summed E-state index contributed by atoms with van der Waals surface area (Å²) in [4.78, 5) is 7.74. The first-order valence-electron chi connectivity index (χ1n) is 4.33. The number of rotatable bonds is 5. The minimum Gasteiger partial charge on any atom is -0.476 e. The van der Waals surface area contributed by atoms with E-state index in [2.05, 4.69) is 16.5 Å². The molecule has 0 spiro atoms. The second-order valence-corrected chi connectivity index (χ2v) is 2.60. The second-order valence-electron chi connectivity index (χ2n) is 2.60. The van der Waals surface area contributed by atoms with Gasteiger partial charge in [0.15, 0.2) is 0 Å². The Labute approximate surface area is 82.9 Å². The van der Waals surface area contributed by atoms with Crippen molar-refractivity contribution in [2.24, 2.45) is 0 Å². The van der Waals surface area contributed by atoms with Gasteiger partial charge in [0.25, 0.3) is 5.88 Å². The Morgan fingerprint density at radius 2 is 2.29 bits per heavy atom. The number of hydrogen-bond donors (Lipinski definition) is 0. The van der Waals surface area contributed by atoms with Crippen molar-refractivity contribution in [3.8, 4) is 11.9 Å². The molecule has 14 heavy (non-hydrogen) atoms. The van der Waals surface area contributed by atoms with Crippen LogP contribution in [-0.4, -0.2) is 16.6 Å². The van der Waals surface area contributed by atoms with Crippen LogP contribution in [0.15, 0.2) is 25.0 Å². The topological polar surface area (TPSA) is 58.8 Å². The number of ether oxygens (including phenoxy) is 1. The molecule has 4 heteroatoms. The number of aromatic nitrogens is 2. The van der Waals surface area contributed by atoms with E-state index in [-0.39, 0.29) is 5.69 Å². The molecule has 0 aliphatic rings. The van der Waals surface area contributed by atoms with Gasteiger partial charge in [-0.15, -0.1) is 6.58 Å². The van der Waals surface area contributed by atoms with Crippen LogP contribution in [0.4, 0.5) is 0 Å². The highest BCUT2D eigenvalue weighted by Gasteiger charge is 2.03. The van der Waals surface area contributed by atoms with Gasteiger partial charge in [-0.1, -0.05) is 6.08 Å². The SMILES string of the molecule is C=CCCCOc1nccnc1C#N. The molecule has 0 aromatic carbocycles. The van der Waals surface area contributed by atoms with Gasteiger partial charge in [-0.2, -0.15) is 5.26 Å². The normalized spacial score (nSPS) is 9.07. The zero-order valence-electron chi connectivity index (χ0n) is 7.81. The molecule has 0 N–H and O–H groups in total. The number of nitrogens with zero attached hydrogens (tertiary/aromatic N) is 3. The van der Waals surface area contributed by atoms with Crippen molar-refractivity contribution in [2.45, 2.75) is 12.8 Å². The first kappa shape index (κ1) is 10.2. The number of allylic oxidation sites excluding steroid dienone is 1. The number of hydrogen-bond acceptors (Lipinski definition) is 4. The maximum Gasteiger partial charge on any atom is 0.251 e. The molecule has 0 amide bonds. The van der Waals surface area contributed by atoms with E-state index in [4.69, 9.17) is 10.00 Å². The Balaban J connectivity index is 2.50. The van der Waals surface area contributed by atoms with Gasteiger partial charge < -0.3 is 4.74 Å². The van der Waals surface area contributed by atoms with Gasteiger partial charge >= 0.3 is 0 Å². The summed E-state index contributed by atoms with van der Waals surface area (Å²) in [5.41, 5.74) is 0.228. The Bertz CT molecular complexity index is 343. The fourth-order valence-corrected chi connectivity index (χ4v) is 0.904. The summed E-state index contributed by atoms with van der Waals surface area (Å²) in [6, 6.07) is 1.92. The Morgan fingerprint density at radius 1 is 1.50 bits per heavy atom. The van der Waals surface area contributed by atoms with Crippen LogP contribution in [-0.2, 0) is 0 Å². The van der Waals surface area contributed by atoms with E-state index in [0.29, 0.717) is 12.5 Å². The van der Waals surface area contributed by atoms with E-state index in [1.807, 2.05) is 12.1 Å². The van der Waals surface area contributed by atoms with E-state index in [9.17, 15) is 0 Å². The first-order valence-corrected chi connectivity index (χ1v) is 4.33. The van der Waals surface area contributed by atoms with Crippen molar-refractivity contribution in [3.05, 3.63) is 30.7 Å². The quantitative estimate of drug-likeness (QED) is 0.522. The van der Waals surface area contributed by atoms with E-state index in [1.54, 1.807) is 0 Å². The molecule has 72 valence electrons. The molecular weight excluding hydrogens is 178 g/mol. The maximum absolute atomic E-state index is 8.67. The first-order chi connectivity index (χ1) is 6.88. The molecule has 1 aromatic heterocycles. The number of unbranched alkanes of at least 4 members (excludes halogenated alkanes) is 1. The van der Waals surface area contributed by atoms with Crippen molar-refractivity contribution in [1.29, 1.82) is 5.26 Å². The van der Waals surface area contributed by atoms with E-state index < -0.39 is 0 Å². The lowest BCUT2D eigenvalue weighted by molar-refractivity contribution is 0.298. The fraction of sp³-hybridized carbons (Fsp3) is 0.300. The van der Waals surface area contributed by atoms with Crippen LogP contribution >= 0.6 is 0 Å². The standard InChI is InChI=1S/C10H11N3O/c1-2-3-4-7-14-10-9(8-11)12-5-6-13-10/h2,5-6H,1,3-4,7H2. The van der Waals surface area contributed by atoms with Crippen molar-refractivity contribution in [3.63, 3.8) is 0 Å². The van der Waals surface area contributed by atoms with E-state index in [1.165, 1.54) is 12.4 Å². The summed E-state index contributed by atoms with van der Waals surface area (Å²) in [5.74, 6) is 0.305. The number of nitriles is 1. The molecule has 1 aromatic rings. The Hall–Kier alpha value is -1.89. The third-order valence-electron chi connectivity index (χ3n) is 1.56. The molecule has 0 bridgehead atoms. The minimum absolute atomic E-state index is 0.228. The molecule has 4 nitrogen and oxygen atoms in total. The molecule has 1 heterocycles. The molecule has 0 unspecified atom stereocenters. The van der Waals surface area contributed by atoms with Crippen LogP contribution < -0.4 is 4.74 Å². The third-order valence-corrected chi connectivity index (χ3v) is 1.56. The average Bonchev–Trinajstić information content (AvgIpc) is 2.25. The van der Waals surface area contributed by atoms with Crippen molar-refractivity contribution < 1.29 is 4.74 Å². The largest absolute Gasteiger partial charge is 0.476 e. The van der Waals surface area contributed by atoms with Crippen LogP contribution in [0.3, 0.4) is 0 Å². The molecule has 0 saturated carbocycles. The molecule has 0 radical (unpaired) electrons. The Kier molecular flexibility index (Phi) is 4.15. The molecule has 1 rings (SSSR count). The lowest BCUT2D eigenvalue weighted by Crippen LogP contribution is -2.01. The summed E-state index contributed by atoms with van der Waals surface area (Å²) in [6.45, 7) is 4.13. The second kappa shape index (κ2) is 5.70. The highest BCUT2D eigenvalue weighted by atomic mass is 16.5. The fourth-order valence-electron chi connectivity index (χ4n) is 0.904.